The van der Waals surface area contributed by atoms with Gasteiger partial charge >= 0.3 is 5.97 Å². The van der Waals surface area contributed by atoms with Crippen LogP contribution in [0.5, 0.6) is 0 Å². The number of halogens is 2. The number of rotatable bonds is 6. The van der Waals surface area contributed by atoms with Crippen molar-refractivity contribution >= 4 is 49.4 Å². The fourth-order valence-corrected chi connectivity index (χ4v) is 3.65. The first kappa shape index (κ1) is 17.9. The fraction of sp³-hybridized carbons (Fsp3) is 0.273. The molecule has 21 heavy (non-hydrogen) atoms. The molecule has 0 aliphatic heterocycles. The van der Waals surface area contributed by atoms with E-state index in [4.69, 9.17) is 22.4 Å². The van der Waals surface area contributed by atoms with E-state index in [1.54, 1.807) is 0 Å². The average Bonchev–Trinajstić information content (AvgIpc) is 2.29. The lowest BCUT2D eigenvalue weighted by Crippen LogP contribution is -2.35. The molecule has 0 spiro atoms. The Morgan fingerprint density at radius 1 is 1.48 bits per heavy atom. The number of hydrogen-bond acceptors (Lipinski definition) is 4. The van der Waals surface area contributed by atoms with Crippen molar-refractivity contribution in [3.05, 3.63) is 27.2 Å². The van der Waals surface area contributed by atoms with Gasteiger partial charge in [0, 0.05) is 16.9 Å². The zero-order chi connectivity index (χ0) is 16.4. The lowest BCUT2D eigenvalue weighted by Gasteiger charge is -2.14. The molecule has 0 bridgehead atoms. The summed E-state index contributed by atoms with van der Waals surface area (Å²) in [5.74, 6) is -2.02. The quantitative estimate of drug-likeness (QED) is 0.665. The topological polar surface area (TPSA) is 127 Å². The minimum Gasteiger partial charge on any atom is -0.478 e. The number of benzene rings is 1. The molecule has 1 amide bonds. The largest absolute Gasteiger partial charge is 0.478 e. The third-order valence-electron chi connectivity index (χ3n) is 2.41. The Kier molecular flexibility index (Phi) is 5.74. The summed E-state index contributed by atoms with van der Waals surface area (Å²) < 4.78 is 26.6. The number of carbonyl (C=O) groups excluding carboxylic acids is 1. The summed E-state index contributed by atoms with van der Waals surface area (Å²) in [6.45, 7) is 1.46. The predicted octanol–water partition coefficient (Wildman–Crippen LogP) is 1.34. The predicted molar refractivity (Wildman–Crippen MR) is 79.7 cm³/mol. The fourth-order valence-electron chi connectivity index (χ4n) is 1.55. The maximum Gasteiger partial charge on any atom is 0.337 e. The zero-order valence-corrected chi connectivity index (χ0v) is 13.9. The van der Waals surface area contributed by atoms with Gasteiger partial charge in [-0.2, -0.15) is 0 Å². The average molecular weight is 400 g/mol. The first-order chi connectivity index (χ1) is 9.54. The SMILES string of the molecule is CC(CC(N)=O)NS(=O)(=O)c1cc(Br)c(Cl)c(C(=O)O)c1. The molecule has 0 saturated heterocycles. The Morgan fingerprint density at radius 3 is 2.52 bits per heavy atom. The van der Waals surface area contributed by atoms with Gasteiger partial charge in [0.05, 0.1) is 15.5 Å². The van der Waals surface area contributed by atoms with Gasteiger partial charge in [-0.05, 0) is 35.0 Å². The normalized spacial score (nSPS) is 12.9. The van der Waals surface area contributed by atoms with E-state index in [0.717, 1.165) is 6.07 Å². The van der Waals surface area contributed by atoms with Crippen molar-refractivity contribution in [1.29, 1.82) is 0 Å². The van der Waals surface area contributed by atoms with Crippen LogP contribution in [0.1, 0.15) is 23.7 Å². The van der Waals surface area contributed by atoms with E-state index in [9.17, 15) is 18.0 Å². The van der Waals surface area contributed by atoms with Gasteiger partial charge in [-0.15, -0.1) is 0 Å². The highest BCUT2D eigenvalue weighted by Gasteiger charge is 2.23. The number of carboxylic acids is 1. The van der Waals surface area contributed by atoms with Crippen molar-refractivity contribution in [2.24, 2.45) is 5.73 Å². The van der Waals surface area contributed by atoms with Crippen molar-refractivity contribution in [1.82, 2.24) is 4.72 Å². The molecule has 0 aliphatic rings. The van der Waals surface area contributed by atoms with Gasteiger partial charge in [0.1, 0.15) is 0 Å². The number of hydrogen-bond donors (Lipinski definition) is 3. The van der Waals surface area contributed by atoms with Gasteiger partial charge in [-0.3, -0.25) is 4.79 Å². The maximum absolute atomic E-state index is 12.1. The molecule has 0 aliphatic carbocycles. The van der Waals surface area contributed by atoms with Gasteiger partial charge in [0.2, 0.25) is 15.9 Å². The number of primary amides is 1. The molecule has 1 aromatic carbocycles. The highest BCUT2D eigenvalue weighted by Crippen LogP contribution is 2.30. The van der Waals surface area contributed by atoms with Crippen LogP contribution in [0.15, 0.2) is 21.5 Å². The van der Waals surface area contributed by atoms with E-state index >= 15 is 0 Å². The highest BCUT2D eigenvalue weighted by atomic mass is 79.9. The van der Waals surface area contributed by atoms with E-state index < -0.39 is 27.9 Å². The minimum atomic E-state index is -4.01. The Labute approximate surface area is 134 Å². The zero-order valence-electron chi connectivity index (χ0n) is 10.8. The molecule has 0 aromatic heterocycles. The molecule has 1 aromatic rings. The highest BCUT2D eigenvalue weighted by molar-refractivity contribution is 9.10. The van der Waals surface area contributed by atoms with Crippen LogP contribution in [0.3, 0.4) is 0 Å². The molecule has 10 heteroatoms. The number of amides is 1. The second kappa shape index (κ2) is 6.73. The van der Waals surface area contributed by atoms with E-state index in [2.05, 4.69) is 20.7 Å². The van der Waals surface area contributed by atoms with Crippen LogP contribution in [0.25, 0.3) is 0 Å². The molecule has 0 radical (unpaired) electrons. The van der Waals surface area contributed by atoms with E-state index in [1.165, 1.54) is 13.0 Å². The minimum absolute atomic E-state index is 0.105. The van der Waals surface area contributed by atoms with Crippen molar-refractivity contribution < 1.29 is 23.1 Å². The van der Waals surface area contributed by atoms with Gasteiger partial charge < -0.3 is 10.8 Å². The van der Waals surface area contributed by atoms with Crippen LogP contribution in [0.4, 0.5) is 0 Å². The number of aromatic carboxylic acids is 1. The van der Waals surface area contributed by atoms with Crippen LogP contribution in [-0.2, 0) is 14.8 Å². The van der Waals surface area contributed by atoms with E-state index in [-0.39, 0.29) is 26.4 Å². The molecule has 0 fully saturated rings. The smallest absolute Gasteiger partial charge is 0.337 e. The number of carboxylic acid groups (broad SMARTS) is 1. The summed E-state index contributed by atoms with van der Waals surface area (Å²) >= 11 is 8.78. The molecule has 1 unspecified atom stereocenters. The Hall–Kier alpha value is -1.16. The Balaban J connectivity index is 3.20. The molecule has 4 N–H and O–H groups in total. The standard InChI is InChI=1S/C11H12BrClN2O5S/c1-5(2-9(14)16)15-21(19,20)6-3-7(11(17)18)10(13)8(12)4-6/h3-5,15H,2H2,1H3,(H2,14,16)(H,17,18). The van der Waals surface area contributed by atoms with E-state index in [0.29, 0.717) is 0 Å². The number of sulfonamides is 1. The van der Waals surface area contributed by atoms with Crippen LogP contribution < -0.4 is 10.5 Å². The molecular formula is C11H12BrClN2O5S. The van der Waals surface area contributed by atoms with Crippen molar-refractivity contribution in [2.45, 2.75) is 24.3 Å². The molecule has 1 rings (SSSR count). The summed E-state index contributed by atoms with van der Waals surface area (Å²) in [6, 6.07) is 1.39. The molecule has 116 valence electrons. The first-order valence-corrected chi connectivity index (χ1v) is 8.23. The van der Waals surface area contributed by atoms with Gasteiger partial charge in [-0.1, -0.05) is 11.6 Å². The summed E-state index contributed by atoms with van der Waals surface area (Å²) in [7, 11) is -4.01. The lowest BCUT2D eigenvalue weighted by molar-refractivity contribution is -0.118. The lowest BCUT2D eigenvalue weighted by atomic mass is 10.2. The molecule has 0 saturated carbocycles. The van der Waals surface area contributed by atoms with Gasteiger partial charge in [0.15, 0.2) is 0 Å². The summed E-state index contributed by atoms with van der Waals surface area (Å²) in [5.41, 5.74) is 4.63. The van der Waals surface area contributed by atoms with Crippen LogP contribution in [0.2, 0.25) is 5.02 Å². The van der Waals surface area contributed by atoms with Gasteiger partial charge in [0.25, 0.3) is 0 Å². The van der Waals surface area contributed by atoms with Gasteiger partial charge in [-0.25, -0.2) is 17.9 Å². The van der Waals surface area contributed by atoms with E-state index in [1.807, 2.05) is 0 Å². The third-order valence-corrected chi connectivity index (χ3v) is 5.24. The Bertz CT molecular complexity index is 692. The maximum atomic E-state index is 12.1. The first-order valence-electron chi connectivity index (χ1n) is 5.57. The van der Waals surface area contributed by atoms with Crippen LogP contribution >= 0.6 is 27.5 Å². The second-order valence-corrected chi connectivity index (χ2v) is 7.21. The van der Waals surface area contributed by atoms with Crippen molar-refractivity contribution in [3.8, 4) is 0 Å². The molecule has 1 atom stereocenters. The summed E-state index contributed by atoms with van der Waals surface area (Å²) in [4.78, 5) is 21.5. The summed E-state index contributed by atoms with van der Waals surface area (Å²) in [5, 5.41) is 8.89. The third kappa shape index (κ3) is 4.67. The number of nitrogens with one attached hydrogen (secondary N) is 1. The summed E-state index contributed by atoms with van der Waals surface area (Å²) in [6.07, 6.45) is -0.181. The molecule has 7 nitrogen and oxygen atoms in total. The second-order valence-electron chi connectivity index (χ2n) is 4.26. The van der Waals surface area contributed by atoms with Crippen molar-refractivity contribution in [3.63, 3.8) is 0 Å². The number of carbonyl (C=O) groups is 2. The molecule has 0 heterocycles. The monoisotopic (exact) mass is 398 g/mol. The van der Waals surface area contributed by atoms with Crippen LogP contribution in [0, 0.1) is 0 Å². The van der Waals surface area contributed by atoms with Crippen molar-refractivity contribution in [2.75, 3.05) is 0 Å². The van der Waals surface area contributed by atoms with Crippen LogP contribution in [-0.4, -0.2) is 31.4 Å². The number of nitrogens with two attached hydrogens (primary N) is 1. The Morgan fingerprint density at radius 2 is 2.05 bits per heavy atom. The molecular weight excluding hydrogens is 388 g/mol.